The third kappa shape index (κ3) is 4.87. The number of hydrogen-bond acceptors (Lipinski definition) is 6. The van der Waals surface area contributed by atoms with Crippen LogP contribution in [0.1, 0.15) is 38.3 Å². The number of alkyl halides is 3. The first-order valence-electron chi connectivity index (χ1n) is 9.48. The van der Waals surface area contributed by atoms with E-state index >= 15 is 0 Å². The van der Waals surface area contributed by atoms with E-state index in [0.29, 0.717) is 42.9 Å². The molecule has 160 valence electrons. The molecule has 1 amide bonds. The third-order valence-electron chi connectivity index (χ3n) is 5.22. The molecule has 0 bridgehead atoms. The highest BCUT2D eigenvalue weighted by molar-refractivity contribution is 5.78. The van der Waals surface area contributed by atoms with Gasteiger partial charge in [-0.1, -0.05) is 0 Å². The lowest BCUT2D eigenvalue weighted by molar-refractivity contribution is -0.177. The number of piperidine rings is 1. The number of aromatic nitrogens is 4. The molecule has 3 rings (SSSR count). The first-order chi connectivity index (χ1) is 14.1. The molecule has 0 spiro atoms. The van der Waals surface area contributed by atoms with Crippen LogP contribution in [0.2, 0.25) is 0 Å². The van der Waals surface area contributed by atoms with Crippen LogP contribution >= 0.6 is 0 Å². The van der Waals surface area contributed by atoms with Crippen LogP contribution < -0.4 is 5.32 Å². The van der Waals surface area contributed by atoms with Crippen LogP contribution in [0, 0.1) is 11.3 Å². The molecule has 1 aliphatic rings. The van der Waals surface area contributed by atoms with Crippen LogP contribution in [0.5, 0.6) is 0 Å². The number of nitrogens with zero attached hydrogens (tertiary/aromatic N) is 6. The van der Waals surface area contributed by atoms with Crippen molar-refractivity contribution >= 4 is 11.7 Å². The predicted octanol–water partition coefficient (Wildman–Crippen LogP) is 2.88. The van der Waals surface area contributed by atoms with Crippen molar-refractivity contribution in [3.63, 3.8) is 0 Å². The summed E-state index contributed by atoms with van der Waals surface area (Å²) in [4.78, 5) is 21.6. The number of nitriles is 1. The number of anilines is 1. The molecule has 2 aromatic heterocycles. The molecule has 1 N–H and O–H groups in total. The van der Waals surface area contributed by atoms with Gasteiger partial charge >= 0.3 is 6.18 Å². The summed E-state index contributed by atoms with van der Waals surface area (Å²) in [6, 6.07) is 1.99. The summed E-state index contributed by atoms with van der Waals surface area (Å²) in [5.74, 6) is -0.0842. The minimum Gasteiger partial charge on any atom is -0.369 e. The van der Waals surface area contributed by atoms with E-state index in [1.807, 2.05) is 6.07 Å². The number of amides is 1. The van der Waals surface area contributed by atoms with Gasteiger partial charge < -0.3 is 10.2 Å². The number of likely N-dealkylation sites (tertiary alicyclic amines) is 1. The summed E-state index contributed by atoms with van der Waals surface area (Å²) in [6.07, 6.45) is 1.74. The summed E-state index contributed by atoms with van der Waals surface area (Å²) in [7, 11) is 1.74. The number of aryl methyl sites for hydroxylation is 1. The van der Waals surface area contributed by atoms with Gasteiger partial charge in [0.2, 0.25) is 5.91 Å². The number of carbonyl (C=O) groups is 1. The van der Waals surface area contributed by atoms with E-state index < -0.39 is 24.2 Å². The highest BCUT2D eigenvalue weighted by Gasteiger charge is 2.44. The van der Waals surface area contributed by atoms with Crippen LogP contribution in [0.15, 0.2) is 18.6 Å². The summed E-state index contributed by atoms with van der Waals surface area (Å²) in [6.45, 7) is 0.734. The molecule has 1 atom stereocenters. The van der Waals surface area contributed by atoms with Crippen LogP contribution in [0.3, 0.4) is 0 Å². The first-order valence-corrected chi connectivity index (χ1v) is 9.48. The molecule has 1 aliphatic heterocycles. The van der Waals surface area contributed by atoms with Gasteiger partial charge in [0.15, 0.2) is 5.69 Å². The molecule has 1 saturated heterocycles. The molecule has 0 radical (unpaired) electrons. The van der Waals surface area contributed by atoms with E-state index in [4.69, 9.17) is 0 Å². The zero-order valence-corrected chi connectivity index (χ0v) is 16.7. The molecule has 0 aromatic carbocycles. The van der Waals surface area contributed by atoms with Gasteiger partial charge in [-0.2, -0.15) is 23.5 Å². The van der Waals surface area contributed by atoms with Gasteiger partial charge in [-0.3, -0.25) is 9.48 Å². The molecule has 0 saturated carbocycles. The van der Waals surface area contributed by atoms with Gasteiger partial charge in [-0.25, -0.2) is 9.97 Å². The van der Waals surface area contributed by atoms with E-state index in [-0.39, 0.29) is 12.1 Å². The molecule has 30 heavy (non-hydrogen) atoms. The fourth-order valence-corrected chi connectivity index (χ4v) is 3.67. The van der Waals surface area contributed by atoms with Crippen molar-refractivity contribution in [3.8, 4) is 17.3 Å². The van der Waals surface area contributed by atoms with Crippen molar-refractivity contribution in [1.29, 1.82) is 5.26 Å². The lowest BCUT2D eigenvalue weighted by Gasteiger charge is -2.45. The molecule has 0 aliphatic carbocycles. The Kier molecular flexibility index (Phi) is 5.96. The Morgan fingerprint density at radius 3 is 2.77 bits per heavy atom. The van der Waals surface area contributed by atoms with Gasteiger partial charge in [0.1, 0.15) is 24.1 Å². The number of halogens is 3. The van der Waals surface area contributed by atoms with Crippen LogP contribution in [0.4, 0.5) is 19.0 Å². The van der Waals surface area contributed by atoms with Gasteiger partial charge in [0, 0.05) is 37.3 Å². The highest BCUT2D eigenvalue weighted by atomic mass is 19.4. The quantitative estimate of drug-likeness (QED) is 0.770. The maximum absolute atomic E-state index is 13.0. The van der Waals surface area contributed by atoms with Crippen molar-refractivity contribution in [2.45, 2.75) is 44.3 Å². The standard InChI is InChI=1S/C19H22F3N7O/c1-18(5-3-4-16(30)29(18)12-19(20,21)22)6-7-24-15-10-25-14(8-23)17(27-15)13-9-26-28(2)11-13/h9-11H,3-7,12H2,1-2H3,(H,24,27). The number of nitrogens with one attached hydrogen (secondary N) is 1. The average Bonchev–Trinajstić information content (AvgIpc) is 3.10. The molecule has 8 nitrogen and oxygen atoms in total. The lowest BCUT2D eigenvalue weighted by atomic mass is 9.85. The molecule has 11 heteroatoms. The Balaban J connectivity index is 1.72. The van der Waals surface area contributed by atoms with E-state index in [1.54, 1.807) is 31.0 Å². The highest BCUT2D eigenvalue weighted by Crippen LogP contribution is 2.34. The zero-order chi connectivity index (χ0) is 21.9. The lowest BCUT2D eigenvalue weighted by Crippen LogP contribution is -2.56. The Hall–Kier alpha value is -3.16. The van der Waals surface area contributed by atoms with Crippen molar-refractivity contribution in [3.05, 3.63) is 24.3 Å². The van der Waals surface area contributed by atoms with Gasteiger partial charge in [0.05, 0.1) is 12.4 Å². The largest absolute Gasteiger partial charge is 0.406 e. The molecular formula is C19H22F3N7O. The van der Waals surface area contributed by atoms with Gasteiger partial charge in [0.25, 0.3) is 0 Å². The van der Waals surface area contributed by atoms with E-state index in [2.05, 4.69) is 20.4 Å². The van der Waals surface area contributed by atoms with Gasteiger partial charge in [-0.15, -0.1) is 0 Å². The van der Waals surface area contributed by atoms with E-state index in [1.165, 1.54) is 6.20 Å². The maximum Gasteiger partial charge on any atom is 0.406 e. The summed E-state index contributed by atoms with van der Waals surface area (Å²) in [5.41, 5.74) is 0.249. The van der Waals surface area contributed by atoms with E-state index in [0.717, 1.165) is 4.90 Å². The second kappa shape index (κ2) is 8.30. The fourth-order valence-electron chi connectivity index (χ4n) is 3.67. The van der Waals surface area contributed by atoms with Crippen LogP contribution in [0.25, 0.3) is 11.3 Å². The first kappa shape index (κ1) is 21.5. The Labute approximate surface area is 171 Å². The Bertz CT molecular complexity index is 966. The summed E-state index contributed by atoms with van der Waals surface area (Å²) in [5, 5.41) is 16.4. The number of hydrogen-bond donors (Lipinski definition) is 1. The second-order valence-corrected chi connectivity index (χ2v) is 7.59. The second-order valence-electron chi connectivity index (χ2n) is 7.59. The molecule has 3 heterocycles. The summed E-state index contributed by atoms with van der Waals surface area (Å²) < 4.78 is 40.5. The Morgan fingerprint density at radius 2 is 2.13 bits per heavy atom. The van der Waals surface area contributed by atoms with Crippen molar-refractivity contribution in [2.24, 2.45) is 7.05 Å². The van der Waals surface area contributed by atoms with E-state index in [9.17, 15) is 23.2 Å². The maximum atomic E-state index is 13.0. The smallest absolute Gasteiger partial charge is 0.369 e. The third-order valence-corrected chi connectivity index (χ3v) is 5.22. The molecular weight excluding hydrogens is 399 g/mol. The van der Waals surface area contributed by atoms with Gasteiger partial charge in [-0.05, 0) is 26.2 Å². The Morgan fingerprint density at radius 1 is 1.37 bits per heavy atom. The topological polar surface area (TPSA) is 99.7 Å². The SMILES string of the molecule is Cn1cc(-c2nc(NCCC3(C)CCCC(=O)N3CC(F)(F)F)cnc2C#N)cn1. The van der Waals surface area contributed by atoms with Crippen molar-refractivity contribution < 1.29 is 18.0 Å². The van der Waals surface area contributed by atoms with Crippen LogP contribution in [-0.2, 0) is 11.8 Å². The minimum absolute atomic E-state index is 0.134. The minimum atomic E-state index is -4.45. The van der Waals surface area contributed by atoms with Crippen molar-refractivity contribution in [2.75, 3.05) is 18.4 Å². The number of carbonyl (C=O) groups excluding carboxylic acids is 1. The number of rotatable bonds is 6. The molecule has 1 unspecified atom stereocenters. The average molecular weight is 421 g/mol. The zero-order valence-electron chi connectivity index (χ0n) is 16.7. The normalized spacial score (nSPS) is 19.6. The summed E-state index contributed by atoms with van der Waals surface area (Å²) >= 11 is 0. The van der Waals surface area contributed by atoms with Crippen LogP contribution in [-0.4, -0.2) is 55.4 Å². The predicted molar refractivity (Wildman–Crippen MR) is 102 cm³/mol. The monoisotopic (exact) mass is 421 g/mol. The fraction of sp³-hybridized carbons (Fsp3) is 0.526. The molecule has 1 fully saturated rings. The van der Waals surface area contributed by atoms with Crippen molar-refractivity contribution in [1.82, 2.24) is 24.6 Å². The molecule has 2 aromatic rings.